The first-order valence-corrected chi connectivity index (χ1v) is 7.46. The number of hydrogen-bond acceptors (Lipinski definition) is 3. The highest BCUT2D eigenvalue weighted by Gasteiger charge is 2.01. The van der Waals surface area contributed by atoms with Gasteiger partial charge in [-0.25, -0.2) is 5.43 Å². The van der Waals surface area contributed by atoms with E-state index in [0.29, 0.717) is 16.5 Å². The van der Waals surface area contributed by atoms with Gasteiger partial charge in [-0.1, -0.05) is 48.0 Å². The Morgan fingerprint density at radius 1 is 1.17 bits per heavy atom. The molecule has 0 aromatic heterocycles. The Hall–Kier alpha value is -2.59. The average molecular weight is 329 g/mol. The fraction of sp³-hybridized carbons (Fsp3) is 0.111. The Labute approximate surface area is 140 Å². The summed E-state index contributed by atoms with van der Waals surface area (Å²) in [7, 11) is 0. The number of nitrogens with one attached hydrogen (secondary N) is 1. The molecule has 0 heterocycles. The molecule has 118 valence electrons. The van der Waals surface area contributed by atoms with Crippen molar-refractivity contribution in [2.75, 3.05) is 6.61 Å². The Morgan fingerprint density at radius 3 is 2.57 bits per heavy atom. The predicted octanol–water partition coefficient (Wildman–Crippen LogP) is 3.92. The molecule has 0 spiro atoms. The van der Waals surface area contributed by atoms with Crippen LogP contribution in [0, 0.1) is 0 Å². The number of halogens is 1. The molecular formula is C18H17ClN2O2. The van der Waals surface area contributed by atoms with E-state index in [1.54, 1.807) is 31.2 Å². The summed E-state index contributed by atoms with van der Waals surface area (Å²) in [5.74, 6) is 0.252. The van der Waals surface area contributed by atoms with Crippen molar-refractivity contribution in [3.63, 3.8) is 0 Å². The molecule has 0 aliphatic rings. The predicted molar refractivity (Wildman–Crippen MR) is 93.7 cm³/mol. The minimum atomic E-state index is -0.326. The van der Waals surface area contributed by atoms with Crippen molar-refractivity contribution in [1.29, 1.82) is 0 Å². The number of hydrazone groups is 1. The molecule has 0 saturated carbocycles. The van der Waals surface area contributed by atoms with Gasteiger partial charge in [0.1, 0.15) is 5.75 Å². The summed E-state index contributed by atoms with van der Waals surface area (Å²) in [6, 6.07) is 16.7. The minimum absolute atomic E-state index is 0.110. The normalized spacial score (nSPS) is 11.5. The molecule has 2 rings (SSSR count). The molecule has 0 radical (unpaired) electrons. The van der Waals surface area contributed by atoms with Crippen molar-refractivity contribution in [3.8, 4) is 5.75 Å². The lowest BCUT2D eigenvalue weighted by Gasteiger charge is -2.05. The molecule has 1 amide bonds. The first kappa shape index (κ1) is 16.8. The summed E-state index contributed by atoms with van der Waals surface area (Å²) in [6.07, 6.45) is 3.75. The van der Waals surface area contributed by atoms with Gasteiger partial charge in [-0.05, 0) is 42.8 Å². The number of nitrogens with zero attached hydrogens (tertiary/aromatic N) is 1. The quantitative estimate of drug-likeness (QED) is 0.645. The summed E-state index contributed by atoms with van der Waals surface area (Å²) in [5, 5.41) is 4.61. The zero-order valence-electron chi connectivity index (χ0n) is 12.7. The van der Waals surface area contributed by atoms with Crippen LogP contribution in [-0.4, -0.2) is 18.2 Å². The van der Waals surface area contributed by atoms with Gasteiger partial charge in [-0.3, -0.25) is 4.79 Å². The zero-order chi connectivity index (χ0) is 16.5. The van der Waals surface area contributed by atoms with Gasteiger partial charge in [0, 0.05) is 5.02 Å². The van der Waals surface area contributed by atoms with Gasteiger partial charge in [-0.2, -0.15) is 5.10 Å². The maximum Gasteiger partial charge on any atom is 0.277 e. The van der Waals surface area contributed by atoms with Crippen molar-refractivity contribution in [1.82, 2.24) is 5.43 Å². The number of ether oxygens (including phenoxy) is 1. The lowest BCUT2D eigenvalue weighted by atomic mass is 10.2. The van der Waals surface area contributed by atoms with Crippen LogP contribution in [0.2, 0.25) is 5.02 Å². The number of carbonyl (C=O) groups excluding carboxylic acids is 1. The van der Waals surface area contributed by atoms with E-state index in [1.807, 2.05) is 42.5 Å². The maximum atomic E-state index is 11.7. The van der Waals surface area contributed by atoms with Gasteiger partial charge in [-0.15, -0.1) is 0 Å². The molecule has 0 saturated heterocycles. The summed E-state index contributed by atoms with van der Waals surface area (Å²) < 4.78 is 5.33. The van der Waals surface area contributed by atoms with Gasteiger partial charge >= 0.3 is 0 Å². The third-order valence-electron chi connectivity index (χ3n) is 2.86. The van der Waals surface area contributed by atoms with Crippen LogP contribution in [0.15, 0.2) is 65.8 Å². The number of amides is 1. The van der Waals surface area contributed by atoms with E-state index in [9.17, 15) is 4.79 Å². The van der Waals surface area contributed by atoms with Crippen LogP contribution in [0.25, 0.3) is 6.08 Å². The van der Waals surface area contributed by atoms with Crippen LogP contribution in [0.3, 0.4) is 0 Å². The van der Waals surface area contributed by atoms with Crippen LogP contribution >= 0.6 is 11.6 Å². The van der Waals surface area contributed by atoms with Crippen LogP contribution in [0.1, 0.15) is 12.5 Å². The second kappa shape index (κ2) is 8.76. The highest BCUT2D eigenvalue weighted by atomic mass is 35.5. The van der Waals surface area contributed by atoms with E-state index >= 15 is 0 Å². The molecule has 0 atom stereocenters. The lowest BCUT2D eigenvalue weighted by Crippen LogP contribution is -2.25. The lowest BCUT2D eigenvalue weighted by molar-refractivity contribution is -0.123. The number of carbonyl (C=O) groups is 1. The first-order valence-electron chi connectivity index (χ1n) is 7.08. The molecule has 2 aromatic rings. The van der Waals surface area contributed by atoms with E-state index in [0.717, 1.165) is 5.56 Å². The third-order valence-corrected chi connectivity index (χ3v) is 3.11. The topological polar surface area (TPSA) is 50.7 Å². The molecule has 0 fully saturated rings. The van der Waals surface area contributed by atoms with Crippen molar-refractivity contribution >= 4 is 29.3 Å². The molecule has 1 N–H and O–H groups in total. The minimum Gasteiger partial charge on any atom is -0.484 e. The van der Waals surface area contributed by atoms with Crippen molar-refractivity contribution in [2.45, 2.75) is 6.92 Å². The summed E-state index contributed by atoms with van der Waals surface area (Å²) in [5.41, 5.74) is 4.20. The second-order valence-electron chi connectivity index (χ2n) is 4.77. The van der Waals surface area contributed by atoms with Gasteiger partial charge in [0.05, 0.1) is 5.71 Å². The Kier molecular flexibility index (Phi) is 6.39. The molecule has 0 aliphatic carbocycles. The van der Waals surface area contributed by atoms with Crippen molar-refractivity contribution in [2.24, 2.45) is 5.10 Å². The van der Waals surface area contributed by atoms with Crippen molar-refractivity contribution < 1.29 is 9.53 Å². The Bertz CT molecular complexity index is 695. The molecule has 23 heavy (non-hydrogen) atoms. The molecule has 0 aliphatic heterocycles. The van der Waals surface area contributed by atoms with Crippen LogP contribution in [0.5, 0.6) is 5.75 Å². The van der Waals surface area contributed by atoms with Gasteiger partial charge in [0.25, 0.3) is 5.91 Å². The summed E-state index contributed by atoms with van der Waals surface area (Å²) >= 11 is 5.77. The maximum absolute atomic E-state index is 11.7. The van der Waals surface area contributed by atoms with Crippen LogP contribution < -0.4 is 10.2 Å². The monoisotopic (exact) mass is 328 g/mol. The fourth-order valence-corrected chi connectivity index (χ4v) is 1.81. The van der Waals surface area contributed by atoms with E-state index < -0.39 is 0 Å². The molecule has 2 aromatic carbocycles. The first-order chi connectivity index (χ1) is 11.1. The molecular weight excluding hydrogens is 312 g/mol. The van der Waals surface area contributed by atoms with E-state index in [-0.39, 0.29) is 12.5 Å². The average Bonchev–Trinajstić information content (AvgIpc) is 2.58. The SMILES string of the molecule is CC(/C=C/c1ccccc1)=NNC(=O)COc1ccc(Cl)cc1. The fourth-order valence-electron chi connectivity index (χ4n) is 1.68. The molecule has 5 heteroatoms. The number of hydrogen-bond donors (Lipinski definition) is 1. The third kappa shape index (κ3) is 6.36. The molecule has 0 bridgehead atoms. The van der Waals surface area contributed by atoms with Crippen LogP contribution in [0.4, 0.5) is 0 Å². The number of allylic oxidation sites excluding steroid dienone is 1. The highest BCUT2D eigenvalue weighted by molar-refractivity contribution is 6.30. The van der Waals surface area contributed by atoms with Gasteiger partial charge < -0.3 is 4.74 Å². The largest absolute Gasteiger partial charge is 0.484 e. The summed E-state index contributed by atoms with van der Waals surface area (Å²) in [4.78, 5) is 11.7. The van der Waals surface area contributed by atoms with E-state index in [1.165, 1.54) is 0 Å². The zero-order valence-corrected chi connectivity index (χ0v) is 13.5. The van der Waals surface area contributed by atoms with Gasteiger partial charge in [0.2, 0.25) is 0 Å². The highest BCUT2D eigenvalue weighted by Crippen LogP contribution is 2.15. The Balaban J connectivity index is 1.78. The molecule has 0 unspecified atom stereocenters. The smallest absolute Gasteiger partial charge is 0.277 e. The molecule has 4 nitrogen and oxygen atoms in total. The van der Waals surface area contributed by atoms with E-state index in [2.05, 4.69) is 10.5 Å². The van der Waals surface area contributed by atoms with E-state index in [4.69, 9.17) is 16.3 Å². The van der Waals surface area contributed by atoms with Crippen LogP contribution in [-0.2, 0) is 4.79 Å². The summed E-state index contributed by atoms with van der Waals surface area (Å²) in [6.45, 7) is 1.70. The second-order valence-corrected chi connectivity index (χ2v) is 5.21. The number of rotatable bonds is 6. The number of benzene rings is 2. The standard InChI is InChI=1S/C18H17ClN2O2/c1-14(7-8-15-5-3-2-4-6-15)20-21-18(22)13-23-17-11-9-16(19)10-12-17/h2-12H,13H2,1H3,(H,21,22)/b8-7+,20-14?. The Morgan fingerprint density at radius 2 is 1.87 bits per heavy atom. The van der Waals surface area contributed by atoms with Crippen molar-refractivity contribution in [3.05, 3.63) is 71.3 Å². The van der Waals surface area contributed by atoms with Gasteiger partial charge in [0.15, 0.2) is 6.61 Å².